The van der Waals surface area contributed by atoms with Crippen molar-refractivity contribution in [2.45, 2.75) is 38.6 Å². The Morgan fingerprint density at radius 3 is 2.56 bits per heavy atom. The van der Waals surface area contributed by atoms with Gasteiger partial charge in [-0.25, -0.2) is 9.59 Å². The van der Waals surface area contributed by atoms with Crippen molar-refractivity contribution in [1.29, 1.82) is 0 Å². The normalized spacial score (nSPS) is 17.4. The number of hydrogen-bond donors (Lipinski definition) is 2. The lowest BCUT2D eigenvalue weighted by molar-refractivity contribution is -0.141. The lowest BCUT2D eigenvalue weighted by atomic mass is 9.83. The van der Waals surface area contributed by atoms with Gasteiger partial charge in [0.05, 0.1) is 0 Å². The van der Waals surface area contributed by atoms with Gasteiger partial charge < -0.3 is 15.3 Å². The average molecular weight is 228 g/mol. The summed E-state index contributed by atoms with van der Waals surface area (Å²) in [7, 11) is 1.50. The van der Waals surface area contributed by atoms with Crippen LogP contribution in [0, 0.1) is 5.92 Å². The molecular formula is C11H20N2O3. The van der Waals surface area contributed by atoms with Crippen LogP contribution in [0.1, 0.15) is 32.6 Å². The second-order valence-electron chi connectivity index (χ2n) is 4.44. The number of carboxylic acids is 1. The molecule has 5 heteroatoms. The minimum Gasteiger partial charge on any atom is -0.480 e. The first-order valence-electron chi connectivity index (χ1n) is 5.76. The van der Waals surface area contributed by atoms with Gasteiger partial charge >= 0.3 is 12.0 Å². The van der Waals surface area contributed by atoms with Gasteiger partial charge in [-0.05, 0) is 19.3 Å². The molecule has 0 radical (unpaired) electrons. The van der Waals surface area contributed by atoms with Crippen LogP contribution in [-0.2, 0) is 4.79 Å². The van der Waals surface area contributed by atoms with Crippen molar-refractivity contribution in [3.63, 3.8) is 0 Å². The van der Waals surface area contributed by atoms with Gasteiger partial charge in [0.25, 0.3) is 0 Å². The van der Waals surface area contributed by atoms with E-state index in [0.717, 1.165) is 12.3 Å². The maximum atomic E-state index is 11.5. The van der Waals surface area contributed by atoms with Crippen molar-refractivity contribution in [2.75, 3.05) is 13.6 Å². The Morgan fingerprint density at radius 1 is 1.50 bits per heavy atom. The number of rotatable bonds is 5. The highest BCUT2D eigenvalue weighted by Crippen LogP contribution is 2.28. The van der Waals surface area contributed by atoms with E-state index in [1.54, 1.807) is 0 Å². The number of carboxylic acid groups (broad SMARTS) is 1. The molecule has 1 fully saturated rings. The van der Waals surface area contributed by atoms with Crippen molar-refractivity contribution < 1.29 is 14.7 Å². The van der Waals surface area contributed by atoms with Crippen LogP contribution in [0.4, 0.5) is 4.79 Å². The van der Waals surface area contributed by atoms with Crippen molar-refractivity contribution >= 4 is 12.0 Å². The quantitative estimate of drug-likeness (QED) is 0.745. The lowest BCUT2D eigenvalue weighted by Crippen LogP contribution is -2.46. The maximum Gasteiger partial charge on any atom is 0.326 e. The van der Waals surface area contributed by atoms with Crippen LogP contribution < -0.4 is 5.32 Å². The zero-order chi connectivity index (χ0) is 12.1. The van der Waals surface area contributed by atoms with Gasteiger partial charge in [-0.3, -0.25) is 0 Å². The number of nitrogens with zero attached hydrogens (tertiary/aromatic N) is 1. The topological polar surface area (TPSA) is 69.6 Å². The van der Waals surface area contributed by atoms with Crippen LogP contribution in [0.25, 0.3) is 0 Å². The molecule has 0 aromatic carbocycles. The Labute approximate surface area is 95.8 Å². The molecule has 0 aromatic heterocycles. The molecule has 0 aliphatic heterocycles. The largest absolute Gasteiger partial charge is 0.480 e. The van der Waals surface area contributed by atoms with Crippen molar-refractivity contribution in [1.82, 2.24) is 10.2 Å². The monoisotopic (exact) mass is 228 g/mol. The molecule has 0 bridgehead atoms. The molecule has 0 aromatic rings. The Bertz CT molecular complexity index is 264. The van der Waals surface area contributed by atoms with E-state index in [-0.39, 0.29) is 6.03 Å². The van der Waals surface area contributed by atoms with Gasteiger partial charge in [0.2, 0.25) is 0 Å². The fraction of sp³-hybridized carbons (Fsp3) is 0.818. The molecule has 0 spiro atoms. The second-order valence-corrected chi connectivity index (χ2v) is 4.44. The molecule has 0 heterocycles. The summed E-state index contributed by atoms with van der Waals surface area (Å²) in [6, 6.07) is -1.10. The highest BCUT2D eigenvalue weighted by molar-refractivity contribution is 5.82. The SMILES string of the molecule is CC(C(=O)O)N(C)C(=O)NCCC1CCC1. The highest BCUT2D eigenvalue weighted by Gasteiger charge is 2.22. The second kappa shape index (κ2) is 5.72. The maximum absolute atomic E-state index is 11.5. The van der Waals surface area contributed by atoms with E-state index in [9.17, 15) is 9.59 Å². The van der Waals surface area contributed by atoms with Gasteiger partial charge in [-0.1, -0.05) is 19.3 Å². The number of likely N-dealkylation sites (N-methyl/N-ethyl adjacent to an activating group) is 1. The first-order chi connectivity index (χ1) is 7.52. The third-order valence-corrected chi connectivity index (χ3v) is 3.31. The van der Waals surface area contributed by atoms with Gasteiger partial charge in [-0.15, -0.1) is 0 Å². The average Bonchev–Trinajstić information content (AvgIpc) is 2.18. The Kier molecular flexibility index (Phi) is 4.58. The zero-order valence-electron chi connectivity index (χ0n) is 9.90. The number of amides is 2. The third-order valence-electron chi connectivity index (χ3n) is 3.31. The van der Waals surface area contributed by atoms with Crippen LogP contribution in [0.3, 0.4) is 0 Å². The van der Waals surface area contributed by atoms with Crippen molar-refractivity contribution in [3.05, 3.63) is 0 Å². The standard InChI is InChI=1S/C11H20N2O3/c1-8(10(14)15)13(2)11(16)12-7-6-9-4-3-5-9/h8-9H,3-7H2,1-2H3,(H,12,16)(H,14,15). The van der Waals surface area contributed by atoms with Crippen molar-refractivity contribution in [2.24, 2.45) is 5.92 Å². The fourth-order valence-electron chi connectivity index (χ4n) is 1.63. The van der Waals surface area contributed by atoms with Gasteiger partial charge in [0.15, 0.2) is 0 Å². The molecular weight excluding hydrogens is 208 g/mol. The van der Waals surface area contributed by atoms with Gasteiger partial charge in [0, 0.05) is 13.6 Å². The predicted molar refractivity (Wildman–Crippen MR) is 60.2 cm³/mol. The molecule has 1 rings (SSSR count). The van der Waals surface area contributed by atoms with Crippen LogP contribution in [0.2, 0.25) is 0 Å². The summed E-state index contributed by atoms with van der Waals surface area (Å²) in [6.45, 7) is 2.13. The smallest absolute Gasteiger partial charge is 0.326 e. The first kappa shape index (κ1) is 12.8. The number of nitrogens with one attached hydrogen (secondary N) is 1. The summed E-state index contributed by atoms with van der Waals surface area (Å²) < 4.78 is 0. The van der Waals surface area contributed by atoms with Crippen LogP contribution in [-0.4, -0.2) is 41.6 Å². The molecule has 5 nitrogen and oxygen atoms in total. The summed E-state index contributed by atoms with van der Waals surface area (Å²) >= 11 is 0. The van der Waals surface area contributed by atoms with Crippen molar-refractivity contribution in [3.8, 4) is 0 Å². The number of carbonyl (C=O) groups is 2. The molecule has 1 aliphatic carbocycles. The molecule has 16 heavy (non-hydrogen) atoms. The molecule has 1 aliphatic rings. The molecule has 0 saturated heterocycles. The number of aliphatic carboxylic acids is 1. The van der Waals surface area contributed by atoms with Crippen LogP contribution in [0.5, 0.6) is 0 Å². The fourth-order valence-corrected chi connectivity index (χ4v) is 1.63. The zero-order valence-corrected chi connectivity index (χ0v) is 9.90. The van der Waals surface area contributed by atoms with E-state index in [1.165, 1.54) is 38.1 Å². The number of carbonyl (C=O) groups excluding carboxylic acids is 1. The summed E-state index contributed by atoms with van der Waals surface area (Å²) in [5.74, 6) is -0.237. The van der Waals surface area contributed by atoms with Gasteiger partial charge in [0.1, 0.15) is 6.04 Å². The van der Waals surface area contributed by atoms with E-state index in [0.29, 0.717) is 6.54 Å². The Hall–Kier alpha value is -1.26. The minimum atomic E-state index is -0.989. The predicted octanol–water partition coefficient (Wildman–Crippen LogP) is 1.29. The Morgan fingerprint density at radius 2 is 2.12 bits per heavy atom. The number of hydrogen-bond acceptors (Lipinski definition) is 2. The summed E-state index contributed by atoms with van der Waals surface area (Å²) in [6.07, 6.45) is 4.82. The lowest BCUT2D eigenvalue weighted by Gasteiger charge is -2.26. The van der Waals surface area contributed by atoms with E-state index >= 15 is 0 Å². The molecule has 1 saturated carbocycles. The number of urea groups is 1. The van der Waals surface area contributed by atoms with Gasteiger partial charge in [-0.2, -0.15) is 0 Å². The van der Waals surface area contributed by atoms with E-state index < -0.39 is 12.0 Å². The summed E-state index contributed by atoms with van der Waals surface area (Å²) in [5, 5.41) is 11.5. The first-order valence-corrected chi connectivity index (χ1v) is 5.76. The van der Waals surface area contributed by atoms with E-state index in [1.807, 2.05) is 0 Å². The van der Waals surface area contributed by atoms with E-state index in [2.05, 4.69) is 5.32 Å². The Balaban J connectivity index is 2.19. The van der Waals surface area contributed by atoms with Crippen LogP contribution in [0.15, 0.2) is 0 Å². The third kappa shape index (κ3) is 3.40. The summed E-state index contributed by atoms with van der Waals surface area (Å²) in [5.41, 5.74) is 0. The molecule has 1 unspecified atom stereocenters. The molecule has 1 atom stereocenters. The summed E-state index contributed by atoms with van der Waals surface area (Å²) in [4.78, 5) is 23.4. The molecule has 2 N–H and O–H groups in total. The molecule has 92 valence electrons. The van der Waals surface area contributed by atoms with E-state index in [4.69, 9.17) is 5.11 Å². The highest BCUT2D eigenvalue weighted by atomic mass is 16.4. The minimum absolute atomic E-state index is 0.311. The van der Waals surface area contributed by atoms with Crippen LogP contribution >= 0.6 is 0 Å². The molecule has 2 amide bonds.